The van der Waals surface area contributed by atoms with E-state index >= 15 is 0 Å². The van der Waals surface area contributed by atoms with Crippen molar-refractivity contribution in [1.82, 2.24) is 15.3 Å². The van der Waals surface area contributed by atoms with Crippen molar-refractivity contribution >= 4 is 11.9 Å². The van der Waals surface area contributed by atoms with Crippen LogP contribution in [0.2, 0.25) is 0 Å². The fourth-order valence-corrected chi connectivity index (χ4v) is 1.53. The van der Waals surface area contributed by atoms with E-state index in [1.54, 1.807) is 30.5 Å². The van der Waals surface area contributed by atoms with E-state index in [1.807, 2.05) is 0 Å². The second-order valence-electron chi connectivity index (χ2n) is 3.81. The molecule has 6 heteroatoms. The molecule has 19 heavy (non-hydrogen) atoms. The second kappa shape index (κ2) is 5.81. The number of benzene rings is 1. The molecule has 1 aromatic carbocycles. The molecule has 0 bridgehead atoms. The van der Waals surface area contributed by atoms with Crippen LogP contribution in [0.5, 0.6) is 0 Å². The van der Waals surface area contributed by atoms with Gasteiger partial charge in [-0.25, -0.2) is 9.78 Å². The SMILES string of the molecule is COC(=O)c1ccc(CNC(=O)c2ncc[nH]2)cc1. The van der Waals surface area contributed by atoms with Crippen LogP contribution in [0.15, 0.2) is 36.7 Å². The smallest absolute Gasteiger partial charge is 0.337 e. The number of aromatic amines is 1. The average molecular weight is 259 g/mol. The molecule has 98 valence electrons. The van der Waals surface area contributed by atoms with Gasteiger partial charge in [0.25, 0.3) is 5.91 Å². The number of amides is 1. The van der Waals surface area contributed by atoms with Crippen molar-refractivity contribution in [1.29, 1.82) is 0 Å². The quantitative estimate of drug-likeness (QED) is 0.806. The third-order valence-electron chi connectivity index (χ3n) is 2.54. The number of nitrogens with zero attached hydrogens (tertiary/aromatic N) is 1. The number of methoxy groups -OCH3 is 1. The maximum Gasteiger partial charge on any atom is 0.337 e. The lowest BCUT2D eigenvalue weighted by Crippen LogP contribution is -2.23. The van der Waals surface area contributed by atoms with Crippen molar-refractivity contribution in [2.75, 3.05) is 7.11 Å². The van der Waals surface area contributed by atoms with Crippen LogP contribution >= 0.6 is 0 Å². The highest BCUT2D eigenvalue weighted by Gasteiger charge is 2.08. The molecule has 6 nitrogen and oxygen atoms in total. The summed E-state index contributed by atoms with van der Waals surface area (Å²) < 4.78 is 4.60. The Kier molecular flexibility index (Phi) is 3.92. The zero-order valence-corrected chi connectivity index (χ0v) is 10.3. The van der Waals surface area contributed by atoms with E-state index < -0.39 is 0 Å². The first kappa shape index (κ1) is 12.8. The molecular weight excluding hydrogens is 246 g/mol. The maximum absolute atomic E-state index is 11.6. The zero-order chi connectivity index (χ0) is 13.7. The Morgan fingerprint density at radius 3 is 2.63 bits per heavy atom. The first-order chi connectivity index (χ1) is 9.20. The number of aromatic nitrogens is 2. The monoisotopic (exact) mass is 259 g/mol. The first-order valence-electron chi connectivity index (χ1n) is 5.65. The van der Waals surface area contributed by atoms with Crippen molar-refractivity contribution < 1.29 is 14.3 Å². The van der Waals surface area contributed by atoms with E-state index in [9.17, 15) is 9.59 Å². The summed E-state index contributed by atoms with van der Waals surface area (Å²) in [6.45, 7) is 0.362. The van der Waals surface area contributed by atoms with Crippen molar-refractivity contribution in [3.05, 3.63) is 53.6 Å². The van der Waals surface area contributed by atoms with Crippen LogP contribution in [0.1, 0.15) is 26.5 Å². The molecular formula is C13H13N3O3. The number of imidazole rings is 1. The number of nitrogens with one attached hydrogen (secondary N) is 2. The van der Waals surface area contributed by atoms with E-state index in [1.165, 1.54) is 13.3 Å². The lowest BCUT2D eigenvalue weighted by molar-refractivity contribution is 0.0600. The summed E-state index contributed by atoms with van der Waals surface area (Å²) in [5.41, 5.74) is 1.36. The number of rotatable bonds is 4. The summed E-state index contributed by atoms with van der Waals surface area (Å²) in [7, 11) is 1.33. The summed E-state index contributed by atoms with van der Waals surface area (Å²) in [5.74, 6) is -0.389. The van der Waals surface area contributed by atoms with Gasteiger partial charge in [-0.05, 0) is 17.7 Å². The number of carbonyl (C=O) groups excluding carboxylic acids is 2. The molecule has 0 saturated heterocycles. The predicted molar refractivity (Wildman–Crippen MR) is 67.5 cm³/mol. The number of ether oxygens (including phenoxy) is 1. The Morgan fingerprint density at radius 2 is 2.05 bits per heavy atom. The van der Waals surface area contributed by atoms with Gasteiger partial charge in [0.05, 0.1) is 12.7 Å². The lowest BCUT2D eigenvalue weighted by Gasteiger charge is -2.04. The topological polar surface area (TPSA) is 84.1 Å². The van der Waals surface area contributed by atoms with Gasteiger partial charge in [-0.1, -0.05) is 12.1 Å². The summed E-state index contributed by atoms with van der Waals surface area (Å²) in [6, 6.07) is 6.82. The minimum atomic E-state index is -0.383. The van der Waals surface area contributed by atoms with E-state index in [2.05, 4.69) is 20.0 Å². The minimum absolute atomic E-state index is 0.270. The lowest BCUT2D eigenvalue weighted by atomic mass is 10.1. The van der Waals surface area contributed by atoms with E-state index in [0.29, 0.717) is 12.1 Å². The number of hydrogen-bond donors (Lipinski definition) is 2. The Balaban J connectivity index is 1.93. The fraction of sp³-hybridized carbons (Fsp3) is 0.154. The number of carbonyl (C=O) groups is 2. The highest BCUT2D eigenvalue weighted by molar-refractivity contribution is 5.90. The Bertz CT molecular complexity index is 561. The minimum Gasteiger partial charge on any atom is -0.465 e. The molecule has 2 aromatic rings. The highest BCUT2D eigenvalue weighted by atomic mass is 16.5. The molecule has 2 N–H and O–H groups in total. The Labute approximate surface area is 109 Å². The van der Waals surface area contributed by atoms with Gasteiger partial charge in [-0.2, -0.15) is 0 Å². The summed E-state index contributed by atoms with van der Waals surface area (Å²) in [6.07, 6.45) is 3.10. The molecule has 1 aromatic heterocycles. The molecule has 0 unspecified atom stereocenters. The highest BCUT2D eigenvalue weighted by Crippen LogP contribution is 2.05. The van der Waals surface area contributed by atoms with Gasteiger partial charge >= 0.3 is 5.97 Å². The third kappa shape index (κ3) is 3.19. The largest absolute Gasteiger partial charge is 0.465 e. The Morgan fingerprint density at radius 1 is 1.32 bits per heavy atom. The number of hydrogen-bond acceptors (Lipinski definition) is 4. The van der Waals surface area contributed by atoms with Gasteiger partial charge in [0.1, 0.15) is 0 Å². The molecule has 1 amide bonds. The molecule has 0 aliphatic rings. The van der Waals surface area contributed by atoms with Crippen LogP contribution < -0.4 is 5.32 Å². The normalized spacial score (nSPS) is 9.95. The van der Waals surface area contributed by atoms with Crippen LogP contribution in [-0.2, 0) is 11.3 Å². The zero-order valence-electron chi connectivity index (χ0n) is 10.3. The first-order valence-corrected chi connectivity index (χ1v) is 5.65. The predicted octanol–water partition coefficient (Wildman–Crippen LogP) is 1.13. The standard InChI is InChI=1S/C13H13N3O3/c1-19-13(18)10-4-2-9(3-5-10)8-16-12(17)11-14-6-7-15-11/h2-7H,8H2,1H3,(H,14,15)(H,16,17). The van der Waals surface area contributed by atoms with Gasteiger partial charge in [0.2, 0.25) is 0 Å². The molecule has 0 saturated carbocycles. The van der Waals surface area contributed by atoms with Gasteiger partial charge in [-0.3, -0.25) is 4.79 Å². The van der Waals surface area contributed by atoms with Crippen molar-refractivity contribution in [3.63, 3.8) is 0 Å². The van der Waals surface area contributed by atoms with Crippen LogP contribution in [0.25, 0.3) is 0 Å². The molecule has 0 aliphatic carbocycles. The van der Waals surface area contributed by atoms with Gasteiger partial charge in [0.15, 0.2) is 5.82 Å². The summed E-state index contributed by atoms with van der Waals surface area (Å²) in [4.78, 5) is 29.4. The molecule has 0 aliphatic heterocycles. The molecule has 0 spiro atoms. The molecule has 0 radical (unpaired) electrons. The van der Waals surface area contributed by atoms with Crippen LogP contribution in [0.3, 0.4) is 0 Å². The number of H-pyrrole nitrogens is 1. The van der Waals surface area contributed by atoms with Crippen LogP contribution in [0.4, 0.5) is 0 Å². The maximum atomic E-state index is 11.6. The van der Waals surface area contributed by atoms with E-state index in [-0.39, 0.29) is 17.7 Å². The second-order valence-corrected chi connectivity index (χ2v) is 3.81. The van der Waals surface area contributed by atoms with E-state index in [0.717, 1.165) is 5.56 Å². The third-order valence-corrected chi connectivity index (χ3v) is 2.54. The molecule has 2 rings (SSSR count). The molecule has 1 heterocycles. The average Bonchev–Trinajstić information content (AvgIpc) is 2.98. The van der Waals surface area contributed by atoms with Gasteiger partial charge in [-0.15, -0.1) is 0 Å². The molecule has 0 atom stereocenters. The summed E-state index contributed by atoms with van der Waals surface area (Å²) >= 11 is 0. The fourth-order valence-electron chi connectivity index (χ4n) is 1.53. The van der Waals surface area contributed by atoms with E-state index in [4.69, 9.17) is 0 Å². The van der Waals surface area contributed by atoms with Gasteiger partial charge < -0.3 is 15.0 Å². The van der Waals surface area contributed by atoms with Crippen LogP contribution in [-0.4, -0.2) is 29.0 Å². The van der Waals surface area contributed by atoms with Crippen molar-refractivity contribution in [2.24, 2.45) is 0 Å². The summed E-state index contributed by atoms with van der Waals surface area (Å²) in [5, 5.41) is 2.72. The number of esters is 1. The Hall–Kier alpha value is -2.63. The van der Waals surface area contributed by atoms with Crippen molar-refractivity contribution in [3.8, 4) is 0 Å². The van der Waals surface area contributed by atoms with Crippen LogP contribution in [0, 0.1) is 0 Å². The van der Waals surface area contributed by atoms with Gasteiger partial charge in [0, 0.05) is 18.9 Å². The van der Waals surface area contributed by atoms with Crippen molar-refractivity contribution in [2.45, 2.75) is 6.54 Å². The molecule has 0 fully saturated rings.